The number of aromatic nitrogens is 1. The number of rotatable bonds is 9. The Bertz CT molecular complexity index is 1340. The number of hydrogen-bond acceptors (Lipinski definition) is 4. The van der Waals surface area contributed by atoms with Crippen LogP contribution in [0.25, 0.3) is 11.1 Å². The number of benzene rings is 2. The van der Waals surface area contributed by atoms with E-state index >= 15 is 0 Å². The summed E-state index contributed by atoms with van der Waals surface area (Å²) < 4.78 is 0. The average Bonchev–Trinajstić information content (AvgIpc) is 3.20. The lowest BCUT2D eigenvalue weighted by molar-refractivity contribution is 0.0949. The van der Waals surface area contributed by atoms with Gasteiger partial charge in [-0.3, -0.25) is 9.59 Å². The highest BCUT2D eigenvalue weighted by Crippen LogP contribution is 2.43. The molecule has 196 valence electrons. The molecule has 1 aliphatic rings. The standard InChI is InChI=1S/C31H40N4O2/c1-7-25(8-2)35-18-20(4)29-26(30(36)33-17-27-19(3)12-21(5)34-31(27)37)14-24(15-28(29)35)23-11-9-10-22(13-23)16-32-6/h9-15,20,25,32H,7-8,16-18H2,1-6H3,(H,33,36)(H,34,37). The number of fused-ring (bicyclic) bond motifs is 1. The highest BCUT2D eigenvalue weighted by molar-refractivity contribution is 6.00. The number of hydrogen-bond donors (Lipinski definition) is 3. The Balaban J connectivity index is 1.78. The van der Waals surface area contributed by atoms with Gasteiger partial charge in [0.1, 0.15) is 0 Å². The van der Waals surface area contributed by atoms with Gasteiger partial charge in [-0.05, 0) is 85.8 Å². The molecule has 6 heteroatoms. The Morgan fingerprint density at radius 1 is 1.08 bits per heavy atom. The van der Waals surface area contributed by atoms with Gasteiger partial charge in [0.2, 0.25) is 0 Å². The zero-order valence-electron chi connectivity index (χ0n) is 23.0. The molecule has 0 radical (unpaired) electrons. The summed E-state index contributed by atoms with van der Waals surface area (Å²) >= 11 is 0. The van der Waals surface area contributed by atoms with Gasteiger partial charge < -0.3 is 20.5 Å². The molecule has 37 heavy (non-hydrogen) atoms. The zero-order valence-corrected chi connectivity index (χ0v) is 23.0. The van der Waals surface area contributed by atoms with Crippen molar-refractivity contribution in [3.05, 3.63) is 86.3 Å². The predicted octanol–water partition coefficient (Wildman–Crippen LogP) is 5.42. The number of nitrogens with zero attached hydrogens (tertiary/aromatic N) is 1. The van der Waals surface area contributed by atoms with E-state index in [1.54, 1.807) is 0 Å². The molecule has 1 amide bonds. The number of pyridine rings is 1. The summed E-state index contributed by atoms with van der Waals surface area (Å²) in [6.07, 6.45) is 2.11. The number of H-pyrrole nitrogens is 1. The van der Waals surface area contributed by atoms with Crippen LogP contribution in [0.15, 0.2) is 47.3 Å². The van der Waals surface area contributed by atoms with E-state index < -0.39 is 0 Å². The van der Waals surface area contributed by atoms with E-state index in [0.717, 1.165) is 59.6 Å². The largest absolute Gasteiger partial charge is 0.368 e. The Labute approximate surface area is 220 Å². The van der Waals surface area contributed by atoms with Gasteiger partial charge in [0.05, 0.1) is 0 Å². The molecule has 0 bridgehead atoms. The summed E-state index contributed by atoms with van der Waals surface area (Å²) in [5, 5.41) is 6.28. The third kappa shape index (κ3) is 5.49. The summed E-state index contributed by atoms with van der Waals surface area (Å²) in [5.41, 5.74) is 8.45. The normalized spacial score (nSPS) is 14.8. The molecule has 3 N–H and O–H groups in total. The molecule has 4 rings (SSSR count). The molecule has 1 aromatic heterocycles. The summed E-state index contributed by atoms with van der Waals surface area (Å²) in [6, 6.07) is 15.2. The molecule has 1 aliphatic heterocycles. The van der Waals surface area contributed by atoms with E-state index in [9.17, 15) is 9.59 Å². The summed E-state index contributed by atoms with van der Waals surface area (Å²) in [5.74, 6) is 0.104. The van der Waals surface area contributed by atoms with E-state index in [0.29, 0.717) is 17.2 Å². The molecule has 1 atom stereocenters. The molecule has 0 saturated heterocycles. The van der Waals surface area contributed by atoms with E-state index in [4.69, 9.17) is 0 Å². The topological polar surface area (TPSA) is 77.2 Å². The minimum Gasteiger partial charge on any atom is -0.368 e. The van der Waals surface area contributed by atoms with Crippen LogP contribution in [0, 0.1) is 13.8 Å². The fraction of sp³-hybridized carbons (Fsp3) is 0.419. The van der Waals surface area contributed by atoms with Crippen molar-refractivity contribution in [2.24, 2.45) is 0 Å². The molecular weight excluding hydrogens is 460 g/mol. The first-order chi connectivity index (χ1) is 17.8. The lowest BCUT2D eigenvalue weighted by Gasteiger charge is -2.29. The van der Waals surface area contributed by atoms with Gasteiger partial charge in [0.15, 0.2) is 0 Å². The van der Waals surface area contributed by atoms with Crippen molar-refractivity contribution in [2.75, 3.05) is 18.5 Å². The van der Waals surface area contributed by atoms with E-state index in [2.05, 4.69) is 71.6 Å². The molecule has 1 unspecified atom stereocenters. The lowest BCUT2D eigenvalue weighted by Crippen LogP contribution is -2.33. The predicted molar refractivity (Wildman–Crippen MR) is 152 cm³/mol. The minimum atomic E-state index is -0.147. The Hall–Kier alpha value is -3.38. The van der Waals surface area contributed by atoms with Crippen LogP contribution >= 0.6 is 0 Å². The number of aromatic amines is 1. The van der Waals surface area contributed by atoms with E-state index in [-0.39, 0.29) is 23.9 Å². The lowest BCUT2D eigenvalue weighted by atomic mass is 9.92. The molecule has 0 saturated carbocycles. The van der Waals surface area contributed by atoms with Crippen molar-refractivity contribution in [3.63, 3.8) is 0 Å². The Morgan fingerprint density at radius 3 is 2.51 bits per heavy atom. The number of amides is 1. The number of nitrogens with one attached hydrogen (secondary N) is 3. The molecule has 0 aliphatic carbocycles. The Morgan fingerprint density at radius 2 is 1.84 bits per heavy atom. The number of aryl methyl sites for hydroxylation is 2. The fourth-order valence-corrected chi connectivity index (χ4v) is 5.74. The van der Waals surface area contributed by atoms with Gasteiger partial charge in [-0.1, -0.05) is 39.0 Å². The van der Waals surface area contributed by atoms with Crippen molar-refractivity contribution in [1.82, 2.24) is 15.6 Å². The second kappa shape index (κ2) is 11.3. The van der Waals surface area contributed by atoms with Crippen molar-refractivity contribution >= 4 is 11.6 Å². The quantitative estimate of drug-likeness (QED) is 0.367. The monoisotopic (exact) mass is 500 g/mol. The van der Waals surface area contributed by atoms with Gasteiger partial charge in [0, 0.05) is 54.1 Å². The maximum Gasteiger partial charge on any atom is 0.253 e. The average molecular weight is 501 g/mol. The number of anilines is 1. The number of carbonyl (C=O) groups is 1. The van der Waals surface area contributed by atoms with E-state index in [1.165, 1.54) is 5.56 Å². The summed E-state index contributed by atoms with van der Waals surface area (Å²) in [7, 11) is 1.94. The molecule has 6 nitrogen and oxygen atoms in total. The fourth-order valence-electron chi connectivity index (χ4n) is 5.74. The molecule has 2 heterocycles. The van der Waals surface area contributed by atoms with Crippen LogP contribution in [0.4, 0.5) is 5.69 Å². The van der Waals surface area contributed by atoms with Crippen molar-refractivity contribution in [1.29, 1.82) is 0 Å². The van der Waals surface area contributed by atoms with Crippen molar-refractivity contribution in [3.8, 4) is 11.1 Å². The number of carbonyl (C=O) groups excluding carboxylic acids is 1. The first kappa shape index (κ1) is 26.7. The molecule has 0 spiro atoms. The minimum absolute atomic E-state index is 0.137. The maximum absolute atomic E-state index is 13.7. The Kier molecular flexibility index (Phi) is 8.18. The molecule has 2 aromatic carbocycles. The highest BCUT2D eigenvalue weighted by atomic mass is 16.1. The summed E-state index contributed by atoms with van der Waals surface area (Å²) in [4.78, 5) is 31.6. The third-order valence-corrected chi connectivity index (χ3v) is 7.62. The second-order valence-electron chi connectivity index (χ2n) is 10.3. The maximum atomic E-state index is 13.7. The summed E-state index contributed by atoms with van der Waals surface area (Å²) in [6.45, 7) is 12.3. The van der Waals surface area contributed by atoms with Crippen LogP contribution in [-0.4, -0.2) is 30.5 Å². The molecular formula is C31H40N4O2. The van der Waals surface area contributed by atoms with Crippen molar-refractivity contribution in [2.45, 2.75) is 72.5 Å². The van der Waals surface area contributed by atoms with Crippen molar-refractivity contribution < 1.29 is 4.79 Å². The van der Waals surface area contributed by atoms with E-state index in [1.807, 2.05) is 33.0 Å². The molecule has 3 aromatic rings. The third-order valence-electron chi connectivity index (χ3n) is 7.62. The SMILES string of the molecule is CCC(CC)N1CC(C)c2c(C(=O)NCc3c(C)cc(C)[nH]c3=O)cc(-c3cccc(CNC)c3)cc21. The first-order valence-electron chi connectivity index (χ1n) is 13.4. The van der Waals surface area contributed by atoms with Gasteiger partial charge in [-0.25, -0.2) is 0 Å². The van der Waals surface area contributed by atoms with Crippen LogP contribution in [-0.2, 0) is 13.1 Å². The second-order valence-corrected chi connectivity index (χ2v) is 10.3. The molecule has 0 fully saturated rings. The van der Waals surface area contributed by atoms with Crippen LogP contribution in [0.5, 0.6) is 0 Å². The van der Waals surface area contributed by atoms with Crippen LogP contribution in [0.1, 0.15) is 77.8 Å². The first-order valence-corrected chi connectivity index (χ1v) is 13.4. The van der Waals surface area contributed by atoms with Gasteiger partial charge in [0.25, 0.3) is 11.5 Å². The van der Waals surface area contributed by atoms with Gasteiger partial charge >= 0.3 is 0 Å². The van der Waals surface area contributed by atoms with Crippen LogP contribution < -0.4 is 21.1 Å². The van der Waals surface area contributed by atoms with Gasteiger partial charge in [-0.15, -0.1) is 0 Å². The van der Waals surface area contributed by atoms with Crippen LogP contribution in [0.2, 0.25) is 0 Å². The van der Waals surface area contributed by atoms with Crippen LogP contribution in [0.3, 0.4) is 0 Å². The van der Waals surface area contributed by atoms with Gasteiger partial charge in [-0.2, -0.15) is 0 Å². The highest BCUT2D eigenvalue weighted by Gasteiger charge is 2.33. The smallest absolute Gasteiger partial charge is 0.253 e. The zero-order chi connectivity index (χ0) is 26.7.